The summed E-state index contributed by atoms with van der Waals surface area (Å²) in [5.41, 5.74) is 0.928. The van der Waals surface area contributed by atoms with Crippen molar-refractivity contribution in [3.05, 3.63) is 36.2 Å². The Kier molecular flexibility index (Phi) is 4.11. The maximum Gasteiger partial charge on any atom is 0.311 e. The van der Waals surface area contributed by atoms with Crippen molar-refractivity contribution in [1.29, 1.82) is 5.26 Å². The predicted molar refractivity (Wildman–Crippen MR) is 69.7 cm³/mol. The number of amides is 1. The molecule has 1 fully saturated rings. The Hall–Kier alpha value is -2.68. The summed E-state index contributed by atoms with van der Waals surface area (Å²) in [4.78, 5) is 29.1. The molecule has 0 N–H and O–H groups in total. The minimum Gasteiger partial charge on any atom is -0.469 e. The second-order valence-corrected chi connectivity index (χ2v) is 4.30. The molecule has 1 unspecified atom stereocenters. The quantitative estimate of drug-likeness (QED) is 0.604. The molecule has 1 aliphatic rings. The van der Waals surface area contributed by atoms with Crippen LogP contribution < -0.4 is 0 Å². The lowest BCUT2D eigenvalue weighted by Gasteiger charge is -2.18. The summed E-state index contributed by atoms with van der Waals surface area (Å²) in [7, 11) is 1.29. The molecule has 1 aromatic heterocycles. The third-order valence-corrected chi connectivity index (χ3v) is 3.08. The Labute approximate surface area is 116 Å². The van der Waals surface area contributed by atoms with E-state index in [4.69, 9.17) is 5.26 Å². The van der Waals surface area contributed by atoms with Crippen LogP contribution in [0.25, 0.3) is 5.70 Å². The van der Waals surface area contributed by atoms with E-state index in [1.54, 1.807) is 24.4 Å². The summed E-state index contributed by atoms with van der Waals surface area (Å²) in [6, 6.07) is 7.14. The van der Waals surface area contributed by atoms with E-state index in [0.29, 0.717) is 11.4 Å². The average molecular weight is 271 g/mol. The molecule has 6 heteroatoms. The average Bonchev–Trinajstić information content (AvgIpc) is 2.86. The number of nitrogens with zero attached hydrogens (tertiary/aromatic N) is 3. The van der Waals surface area contributed by atoms with Gasteiger partial charge in [0.2, 0.25) is 5.91 Å². The Bertz CT molecular complexity index is 589. The molecule has 1 aromatic rings. The van der Waals surface area contributed by atoms with Crippen molar-refractivity contribution in [2.24, 2.45) is 5.92 Å². The molecule has 1 aliphatic heterocycles. The number of carbonyl (C=O) groups excluding carboxylic acids is 2. The first-order valence-electron chi connectivity index (χ1n) is 6.06. The molecule has 2 heterocycles. The summed E-state index contributed by atoms with van der Waals surface area (Å²) >= 11 is 0. The van der Waals surface area contributed by atoms with Crippen molar-refractivity contribution >= 4 is 17.6 Å². The van der Waals surface area contributed by atoms with Gasteiger partial charge in [0.1, 0.15) is 0 Å². The van der Waals surface area contributed by atoms with Gasteiger partial charge in [0.25, 0.3) is 0 Å². The number of methoxy groups -OCH3 is 1. The van der Waals surface area contributed by atoms with Crippen LogP contribution in [0.15, 0.2) is 30.5 Å². The van der Waals surface area contributed by atoms with Crippen molar-refractivity contribution < 1.29 is 14.3 Å². The molecule has 0 radical (unpaired) electrons. The lowest BCUT2D eigenvalue weighted by atomic mass is 10.1. The Morgan fingerprint density at radius 3 is 3.00 bits per heavy atom. The highest BCUT2D eigenvalue weighted by molar-refractivity contribution is 5.93. The topological polar surface area (TPSA) is 83.3 Å². The Morgan fingerprint density at radius 1 is 1.60 bits per heavy atom. The van der Waals surface area contributed by atoms with Crippen LogP contribution in [0.2, 0.25) is 0 Å². The number of esters is 1. The first-order chi connectivity index (χ1) is 9.67. The van der Waals surface area contributed by atoms with Gasteiger partial charge in [-0.25, -0.2) is 0 Å². The van der Waals surface area contributed by atoms with Gasteiger partial charge in [0, 0.05) is 25.2 Å². The first-order valence-corrected chi connectivity index (χ1v) is 6.06. The highest BCUT2D eigenvalue weighted by Crippen LogP contribution is 2.27. The van der Waals surface area contributed by atoms with Crippen LogP contribution in [0.5, 0.6) is 0 Å². The van der Waals surface area contributed by atoms with Crippen LogP contribution in [-0.4, -0.2) is 35.4 Å². The third kappa shape index (κ3) is 2.67. The lowest BCUT2D eigenvalue weighted by molar-refractivity contribution is -0.145. The maximum atomic E-state index is 12.0. The van der Waals surface area contributed by atoms with Crippen molar-refractivity contribution in [3.63, 3.8) is 0 Å². The van der Waals surface area contributed by atoms with E-state index < -0.39 is 11.9 Å². The molecule has 1 atom stereocenters. The van der Waals surface area contributed by atoms with E-state index in [-0.39, 0.29) is 18.9 Å². The van der Waals surface area contributed by atoms with Gasteiger partial charge in [-0.2, -0.15) is 5.26 Å². The van der Waals surface area contributed by atoms with E-state index in [0.717, 1.165) is 0 Å². The van der Waals surface area contributed by atoms with Crippen LogP contribution in [-0.2, 0) is 14.3 Å². The molecule has 0 aromatic carbocycles. The van der Waals surface area contributed by atoms with Gasteiger partial charge in [-0.1, -0.05) is 6.07 Å². The number of ether oxygens (including phenoxy) is 1. The van der Waals surface area contributed by atoms with Crippen LogP contribution in [0, 0.1) is 17.2 Å². The molecule has 0 spiro atoms. The zero-order valence-electron chi connectivity index (χ0n) is 10.9. The monoisotopic (exact) mass is 271 g/mol. The molecule has 6 nitrogen and oxygen atoms in total. The standard InChI is InChI=1S/C14H13N3O3/c1-20-14(19)10-8-13(18)17(9-10)12(5-6-15)11-4-2-3-7-16-11/h2-5,7,10H,8-9H2,1H3. The minimum atomic E-state index is -0.502. The van der Waals surface area contributed by atoms with Gasteiger partial charge in [0.05, 0.1) is 30.5 Å². The predicted octanol–water partition coefficient (Wildman–Crippen LogP) is 0.968. The molecule has 0 bridgehead atoms. The fraction of sp³-hybridized carbons (Fsp3) is 0.286. The van der Waals surface area contributed by atoms with E-state index in [1.165, 1.54) is 18.1 Å². The van der Waals surface area contributed by atoms with Gasteiger partial charge < -0.3 is 9.64 Å². The Balaban J connectivity index is 2.29. The summed E-state index contributed by atoms with van der Waals surface area (Å²) in [6.45, 7) is 0.204. The van der Waals surface area contributed by atoms with E-state index in [1.807, 2.05) is 6.07 Å². The molecule has 2 rings (SSSR count). The first kappa shape index (κ1) is 13.7. The fourth-order valence-corrected chi connectivity index (χ4v) is 2.13. The van der Waals surface area contributed by atoms with Crippen molar-refractivity contribution in [2.45, 2.75) is 6.42 Å². The molecular formula is C14H13N3O3. The number of likely N-dealkylation sites (tertiary alicyclic amines) is 1. The van der Waals surface area contributed by atoms with Crippen LogP contribution in [0.1, 0.15) is 12.1 Å². The lowest BCUT2D eigenvalue weighted by Crippen LogP contribution is -2.25. The minimum absolute atomic E-state index is 0.0856. The highest BCUT2D eigenvalue weighted by atomic mass is 16.5. The zero-order chi connectivity index (χ0) is 14.5. The third-order valence-electron chi connectivity index (χ3n) is 3.08. The maximum absolute atomic E-state index is 12.0. The largest absolute Gasteiger partial charge is 0.469 e. The number of hydrogen-bond acceptors (Lipinski definition) is 5. The van der Waals surface area contributed by atoms with Crippen molar-refractivity contribution in [1.82, 2.24) is 9.88 Å². The molecule has 20 heavy (non-hydrogen) atoms. The number of nitriles is 1. The molecular weight excluding hydrogens is 258 g/mol. The number of allylic oxidation sites excluding steroid dienone is 1. The van der Waals surface area contributed by atoms with Crippen LogP contribution >= 0.6 is 0 Å². The molecule has 1 saturated heterocycles. The Morgan fingerprint density at radius 2 is 2.40 bits per heavy atom. The van der Waals surface area contributed by atoms with Gasteiger partial charge in [-0.05, 0) is 12.1 Å². The number of aromatic nitrogens is 1. The zero-order valence-corrected chi connectivity index (χ0v) is 10.9. The summed E-state index contributed by atoms with van der Waals surface area (Å²) in [5, 5.41) is 8.88. The fourth-order valence-electron chi connectivity index (χ4n) is 2.13. The molecule has 1 amide bonds. The normalized spacial score (nSPS) is 18.8. The number of pyridine rings is 1. The number of hydrogen-bond donors (Lipinski definition) is 0. The molecule has 0 saturated carbocycles. The van der Waals surface area contributed by atoms with Gasteiger partial charge in [-0.3, -0.25) is 14.6 Å². The summed E-state index contributed by atoms with van der Waals surface area (Å²) < 4.78 is 4.66. The van der Waals surface area contributed by atoms with Gasteiger partial charge >= 0.3 is 5.97 Å². The SMILES string of the molecule is COC(=O)C1CC(=O)N(C(=CC#N)c2ccccn2)C1. The van der Waals surface area contributed by atoms with Crippen molar-refractivity contribution in [3.8, 4) is 6.07 Å². The number of carbonyl (C=O) groups is 2. The van der Waals surface area contributed by atoms with Gasteiger partial charge in [0.15, 0.2) is 0 Å². The summed E-state index contributed by atoms with van der Waals surface area (Å²) in [5.74, 6) is -1.14. The summed E-state index contributed by atoms with van der Waals surface area (Å²) in [6.07, 6.45) is 2.93. The van der Waals surface area contributed by atoms with E-state index in [2.05, 4.69) is 9.72 Å². The molecule has 0 aliphatic carbocycles. The molecule has 102 valence electrons. The smallest absolute Gasteiger partial charge is 0.311 e. The van der Waals surface area contributed by atoms with Gasteiger partial charge in [-0.15, -0.1) is 0 Å². The number of rotatable bonds is 3. The second kappa shape index (κ2) is 5.97. The van der Waals surface area contributed by atoms with Crippen LogP contribution in [0.3, 0.4) is 0 Å². The van der Waals surface area contributed by atoms with E-state index >= 15 is 0 Å². The highest BCUT2D eigenvalue weighted by Gasteiger charge is 2.37. The second-order valence-electron chi connectivity index (χ2n) is 4.30. The van der Waals surface area contributed by atoms with Crippen molar-refractivity contribution in [2.75, 3.05) is 13.7 Å². The van der Waals surface area contributed by atoms with E-state index in [9.17, 15) is 9.59 Å². The van der Waals surface area contributed by atoms with Crippen LogP contribution in [0.4, 0.5) is 0 Å².